The highest BCUT2D eigenvalue weighted by Crippen LogP contribution is 2.23. The molecule has 120 valence electrons. The Labute approximate surface area is 130 Å². The van der Waals surface area contributed by atoms with Crippen LogP contribution < -0.4 is 0 Å². The molecule has 2 rings (SSSR count). The average Bonchev–Trinajstić information content (AvgIpc) is 2.54. The molecule has 0 aromatic heterocycles. The topological polar surface area (TPSA) is 72.7 Å². The number of rotatable bonds is 5. The van der Waals surface area contributed by atoms with Gasteiger partial charge in [0.1, 0.15) is 6.61 Å². The van der Waals surface area contributed by atoms with E-state index in [1.54, 1.807) is 23.1 Å². The number of nitro benzene ring substituents is 1. The van der Waals surface area contributed by atoms with E-state index in [9.17, 15) is 14.9 Å². The summed E-state index contributed by atoms with van der Waals surface area (Å²) in [6.07, 6.45) is 4.02. The lowest BCUT2D eigenvalue weighted by Crippen LogP contribution is -2.38. The van der Waals surface area contributed by atoms with E-state index < -0.39 is 4.92 Å². The van der Waals surface area contributed by atoms with Gasteiger partial charge in [0.2, 0.25) is 0 Å². The molecule has 0 radical (unpaired) electrons. The lowest BCUT2D eigenvalue weighted by molar-refractivity contribution is -0.385. The summed E-state index contributed by atoms with van der Waals surface area (Å²) in [5.41, 5.74) is 0.402. The average molecular weight is 306 g/mol. The molecule has 1 aromatic carbocycles. The first kappa shape index (κ1) is 16.3. The van der Waals surface area contributed by atoms with Gasteiger partial charge in [-0.05, 0) is 24.8 Å². The van der Waals surface area contributed by atoms with Crippen molar-refractivity contribution in [3.8, 4) is 0 Å². The fraction of sp³-hybridized carbons (Fsp3) is 0.562. The number of hydrogen-bond donors (Lipinski definition) is 0. The van der Waals surface area contributed by atoms with Gasteiger partial charge in [-0.15, -0.1) is 0 Å². The third kappa shape index (κ3) is 4.19. The Morgan fingerprint density at radius 3 is 2.68 bits per heavy atom. The number of carbonyl (C=O) groups excluding carboxylic acids is 1. The Bertz CT molecular complexity index is 525. The SMILES string of the molecule is CCCC1CCN(C(=O)OCc2ccccc2[N+](=O)[O-])CC1. The number of hydrogen-bond acceptors (Lipinski definition) is 4. The van der Waals surface area contributed by atoms with Gasteiger partial charge in [-0.3, -0.25) is 10.1 Å². The van der Waals surface area contributed by atoms with Gasteiger partial charge < -0.3 is 9.64 Å². The van der Waals surface area contributed by atoms with Gasteiger partial charge in [-0.1, -0.05) is 31.9 Å². The van der Waals surface area contributed by atoms with Gasteiger partial charge >= 0.3 is 6.09 Å². The molecule has 1 saturated heterocycles. The highest BCUT2D eigenvalue weighted by atomic mass is 16.6. The Hall–Kier alpha value is -2.11. The lowest BCUT2D eigenvalue weighted by Gasteiger charge is -2.31. The van der Waals surface area contributed by atoms with Crippen molar-refractivity contribution in [1.29, 1.82) is 0 Å². The first-order valence-corrected chi connectivity index (χ1v) is 7.75. The summed E-state index contributed by atoms with van der Waals surface area (Å²) in [4.78, 5) is 24.2. The van der Waals surface area contributed by atoms with Crippen molar-refractivity contribution < 1.29 is 14.5 Å². The van der Waals surface area contributed by atoms with Gasteiger partial charge in [0.05, 0.1) is 10.5 Å². The molecule has 0 atom stereocenters. The molecule has 1 amide bonds. The number of carbonyl (C=O) groups is 1. The van der Waals surface area contributed by atoms with Crippen molar-refractivity contribution in [2.75, 3.05) is 13.1 Å². The van der Waals surface area contributed by atoms with E-state index in [4.69, 9.17) is 4.74 Å². The molecule has 0 unspecified atom stereocenters. The number of para-hydroxylation sites is 1. The van der Waals surface area contributed by atoms with Crippen molar-refractivity contribution >= 4 is 11.8 Å². The molecule has 1 fully saturated rings. The summed E-state index contributed by atoms with van der Waals surface area (Å²) in [6.45, 7) is 3.53. The van der Waals surface area contributed by atoms with E-state index in [-0.39, 0.29) is 18.4 Å². The lowest BCUT2D eigenvalue weighted by atomic mass is 9.93. The van der Waals surface area contributed by atoms with Crippen molar-refractivity contribution in [3.05, 3.63) is 39.9 Å². The first-order valence-electron chi connectivity index (χ1n) is 7.75. The Morgan fingerprint density at radius 2 is 2.05 bits per heavy atom. The molecule has 1 heterocycles. The van der Waals surface area contributed by atoms with Crippen LogP contribution in [-0.2, 0) is 11.3 Å². The fourth-order valence-electron chi connectivity index (χ4n) is 2.85. The van der Waals surface area contributed by atoms with Crippen molar-refractivity contribution in [3.63, 3.8) is 0 Å². The van der Waals surface area contributed by atoms with Crippen molar-refractivity contribution in [2.24, 2.45) is 5.92 Å². The summed E-state index contributed by atoms with van der Waals surface area (Å²) in [5, 5.41) is 10.9. The van der Waals surface area contributed by atoms with Gasteiger partial charge in [0, 0.05) is 19.2 Å². The van der Waals surface area contributed by atoms with Crippen LogP contribution in [0.5, 0.6) is 0 Å². The molecule has 1 aliphatic rings. The van der Waals surface area contributed by atoms with E-state index in [2.05, 4.69) is 6.92 Å². The maximum atomic E-state index is 12.1. The minimum Gasteiger partial charge on any atom is -0.444 e. The standard InChI is InChI=1S/C16H22N2O4/c1-2-5-13-8-10-17(11-9-13)16(19)22-12-14-6-3-4-7-15(14)18(20)21/h3-4,6-7,13H,2,5,8-12H2,1H3. The molecular formula is C16H22N2O4. The monoisotopic (exact) mass is 306 g/mol. The number of amides is 1. The molecular weight excluding hydrogens is 284 g/mol. The number of benzene rings is 1. The summed E-state index contributed by atoms with van der Waals surface area (Å²) < 4.78 is 5.24. The third-order valence-corrected chi connectivity index (χ3v) is 4.11. The van der Waals surface area contributed by atoms with Crippen LogP contribution in [0.1, 0.15) is 38.2 Å². The van der Waals surface area contributed by atoms with Crippen LogP contribution >= 0.6 is 0 Å². The van der Waals surface area contributed by atoms with Crippen molar-refractivity contribution in [2.45, 2.75) is 39.2 Å². The molecule has 0 N–H and O–H groups in total. The Balaban J connectivity index is 1.85. The number of piperidine rings is 1. The van der Waals surface area contributed by atoms with Crippen LogP contribution in [-0.4, -0.2) is 29.0 Å². The number of nitro groups is 1. The van der Waals surface area contributed by atoms with E-state index in [1.807, 2.05) is 0 Å². The highest BCUT2D eigenvalue weighted by molar-refractivity contribution is 5.67. The number of nitrogens with zero attached hydrogens (tertiary/aromatic N) is 2. The summed E-state index contributed by atoms with van der Waals surface area (Å²) in [5.74, 6) is 0.698. The van der Waals surface area contributed by atoms with E-state index >= 15 is 0 Å². The summed E-state index contributed by atoms with van der Waals surface area (Å²) in [7, 11) is 0. The van der Waals surface area contributed by atoms with Crippen LogP contribution in [0.4, 0.5) is 10.5 Å². The van der Waals surface area contributed by atoms with Crippen LogP contribution in [0.25, 0.3) is 0 Å². The van der Waals surface area contributed by atoms with Crippen LogP contribution in [0.3, 0.4) is 0 Å². The molecule has 1 aromatic rings. The fourth-order valence-corrected chi connectivity index (χ4v) is 2.85. The smallest absolute Gasteiger partial charge is 0.410 e. The minimum atomic E-state index is -0.459. The zero-order chi connectivity index (χ0) is 15.9. The quantitative estimate of drug-likeness (QED) is 0.613. The van der Waals surface area contributed by atoms with Gasteiger partial charge in [-0.2, -0.15) is 0 Å². The zero-order valence-electron chi connectivity index (χ0n) is 12.9. The third-order valence-electron chi connectivity index (χ3n) is 4.11. The van der Waals surface area contributed by atoms with Gasteiger partial charge in [0.15, 0.2) is 0 Å². The highest BCUT2D eigenvalue weighted by Gasteiger charge is 2.24. The normalized spacial score (nSPS) is 15.6. The van der Waals surface area contributed by atoms with E-state index in [0.29, 0.717) is 24.6 Å². The van der Waals surface area contributed by atoms with Gasteiger partial charge in [0.25, 0.3) is 5.69 Å². The van der Waals surface area contributed by atoms with Crippen LogP contribution in [0.15, 0.2) is 24.3 Å². The van der Waals surface area contributed by atoms with Crippen molar-refractivity contribution in [1.82, 2.24) is 4.90 Å². The summed E-state index contributed by atoms with van der Waals surface area (Å²) >= 11 is 0. The van der Waals surface area contributed by atoms with Gasteiger partial charge in [-0.25, -0.2) is 4.79 Å². The Morgan fingerprint density at radius 1 is 1.36 bits per heavy atom. The first-order chi connectivity index (χ1) is 10.6. The largest absolute Gasteiger partial charge is 0.444 e. The maximum Gasteiger partial charge on any atom is 0.410 e. The Kier molecular flexibility index (Phi) is 5.75. The van der Waals surface area contributed by atoms with Crippen LogP contribution in [0, 0.1) is 16.0 Å². The molecule has 1 aliphatic heterocycles. The second-order valence-corrected chi connectivity index (χ2v) is 5.66. The predicted molar refractivity (Wildman–Crippen MR) is 82.5 cm³/mol. The molecule has 0 bridgehead atoms. The predicted octanol–water partition coefficient (Wildman–Crippen LogP) is 3.74. The van der Waals surface area contributed by atoms with E-state index in [1.165, 1.54) is 18.9 Å². The molecule has 6 heteroatoms. The number of ether oxygens (including phenoxy) is 1. The minimum absolute atomic E-state index is 0.0167. The summed E-state index contributed by atoms with van der Waals surface area (Å²) in [6, 6.07) is 6.33. The molecule has 0 saturated carbocycles. The second kappa shape index (κ2) is 7.77. The number of likely N-dealkylation sites (tertiary alicyclic amines) is 1. The van der Waals surface area contributed by atoms with E-state index in [0.717, 1.165) is 12.8 Å². The van der Waals surface area contributed by atoms with Crippen LogP contribution in [0.2, 0.25) is 0 Å². The molecule has 6 nitrogen and oxygen atoms in total. The molecule has 0 spiro atoms. The zero-order valence-corrected chi connectivity index (χ0v) is 12.9. The molecule has 0 aliphatic carbocycles. The maximum absolute atomic E-state index is 12.1. The molecule has 22 heavy (non-hydrogen) atoms. The second-order valence-electron chi connectivity index (χ2n) is 5.66.